The molecule has 7 nitrogen and oxygen atoms in total. The summed E-state index contributed by atoms with van der Waals surface area (Å²) in [6.07, 6.45) is -2.05. The lowest BCUT2D eigenvalue weighted by Crippen LogP contribution is -2.34. The van der Waals surface area contributed by atoms with Gasteiger partial charge in [0.25, 0.3) is 0 Å². The van der Waals surface area contributed by atoms with E-state index in [0.717, 1.165) is 11.1 Å². The Balaban J connectivity index is 1.67. The molecule has 0 unspecified atom stereocenters. The molecule has 0 radical (unpaired) electrons. The lowest BCUT2D eigenvalue weighted by Gasteiger charge is -2.21. The van der Waals surface area contributed by atoms with Crippen LogP contribution in [0.2, 0.25) is 0 Å². The van der Waals surface area contributed by atoms with Crippen molar-refractivity contribution in [1.82, 2.24) is 14.5 Å². The Morgan fingerprint density at radius 2 is 1.84 bits per heavy atom. The zero-order chi connectivity index (χ0) is 17.6. The molecular weight excluding hydrogens is 322 g/mol. The summed E-state index contributed by atoms with van der Waals surface area (Å²) in [4.78, 5) is 8.40. The van der Waals surface area contributed by atoms with Crippen LogP contribution >= 0.6 is 0 Å². The van der Waals surface area contributed by atoms with Crippen molar-refractivity contribution in [3.8, 4) is 0 Å². The quantitative estimate of drug-likeness (QED) is 0.659. The Kier molecular flexibility index (Phi) is 4.01. The van der Waals surface area contributed by atoms with Gasteiger partial charge in [0.05, 0.1) is 5.69 Å². The molecule has 3 heterocycles. The summed E-state index contributed by atoms with van der Waals surface area (Å²) in [5.41, 5.74) is 2.05. The number of rotatable bonds is 3. The van der Waals surface area contributed by atoms with Gasteiger partial charge in [0.2, 0.25) is 0 Å². The molecule has 25 heavy (non-hydrogen) atoms. The van der Waals surface area contributed by atoms with Crippen LogP contribution in [0.1, 0.15) is 23.6 Å². The Morgan fingerprint density at radius 3 is 2.60 bits per heavy atom. The molecule has 3 N–H and O–H groups in total. The highest BCUT2D eigenvalue weighted by Crippen LogP contribution is 2.37. The summed E-state index contributed by atoms with van der Waals surface area (Å²) in [6, 6.07) is 10.8. The number of hydrogen-bond donors (Lipinski definition) is 3. The van der Waals surface area contributed by atoms with E-state index in [9.17, 15) is 15.3 Å². The second-order valence-electron chi connectivity index (χ2n) is 6.25. The Labute approximate surface area is 144 Å². The first-order valence-corrected chi connectivity index (χ1v) is 8.10. The van der Waals surface area contributed by atoms with Crippen LogP contribution in [0.5, 0.6) is 0 Å². The molecular formula is C18H19N3O4. The second kappa shape index (κ2) is 6.20. The minimum Gasteiger partial charge on any atom is -0.387 e. The Bertz CT molecular complexity index is 882. The fourth-order valence-electron chi connectivity index (χ4n) is 3.32. The van der Waals surface area contributed by atoms with E-state index in [1.807, 2.05) is 19.1 Å². The molecule has 1 saturated heterocycles. The molecule has 5 atom stereocenters. The van der Waals surface area contributed by atoms with E-state index in [2.05, 4.69) is 9.97 Å². The van der Waals surface area contributed by atoms with Gasteiger partial charge in [-0.3, -0.25) is 0 Å². The van der Waals surface area contributed by atoms with Crippen LogP contribution in [-0.4, -0.2) is 48.2 Å². The summed E-state index contributed by atoms with van der Waals surface area (Å²) >= 11 is 0. The van der Waals surface area contributed by atoms with E-state index in [4.69, 9.17) is 4.74 Å². The molecule has 0 aliphatic carbocycles. The molecule has 1 fully saturated rings. The zero-order valence-electron chi connectivity index (χ0n) is 13.6. The summed E-state index contributed by atoms with van der Waals surface area (Å²) < 4.78 is 7.51. The molecule has 1 aliphatic heterocycles. The van der Waals surface area contributed by atoms with Gasteiger partial charge in [0.1, 0.15) is 36.4 Å². The summed E-state index contributed by atoms with van der Waals surface area (Å²) in [5.74, 6) is 0. The fourth-order valence-corrected chi connectivity index (χ4v) is 3.32. The van der Waals surface area contributed by atoms with Crippen molar-refractivity contribution in [2.75, 3.05) is 0 Å². The number of ether oxygens (including phenoxy) is 1. The van der Waals surface area contributed by atoms with Gasteiger partial charge in [-0.25, -0.2) is 9.97 Å². The fraction of sp³-hybridized carbons (Fsp3) is 0.333. The molecule has 3 aromatic rings. The number of nitrogens with zero attached hydrogens (tertiary/aromatic N) is 3. The van der Waals surface area contributed by atoms with E-state index >= 15 is 0 Å². The predicted octanol–water partition coefficient (Wildman–Crippen LogP) is 1.09. The molecule has 1 aromatic carbocycles. The van der Waals surface area contributed by atoms with Gasteiger partial charge in [-0.15, -0.1) is 0 Å². The lowest BCUT2D eigenvalue weighted by atomic mass is 9.99. The lowest BCUT2D eigenvalue weighted by molar-refractivity contribution is -0.0848. The molecule has 130 valence electrons. The minimum atomic E-state index is -1.22. The molecule has 2 aromatic heterocycles. The number of hydrogen-bond acceptors (Lipinski definition) is 6. The highest BCUT2D eigenvalue weighted by atomic mass is 16.6. The number of aliphatic hydroxyl groups is 3. The largest absolute Gasteiger partial charge is 0.387 e. The number of aryl methyl sites for hydroxylation is 1. The highest BCUT2D eigenvalue weighted by molar-refractivity contribution is 5.78. The topological polar surface area (TPSA) is 101 Å². The number of aliphatic hydroxyl groups excluding tert-OH is 3. The van der Waals surface area contributed by atoms with Gasteiger partial charge in [0, 0.05) is 11.6 Å². The van der Waals surface area contributed by atoms with Gasteiger partial charge in [-0.1, -0.05) is 30.3 Å². The maximum Gasteiger partial charge on any atom is 0.164 e. The summed E-state index contributed by atoms with van der Waals surface area (Å²) in [7, 11) is 0. The third-order valence-electron chi connectivity index (χ3n) is 4.71. The van der Waals surface area contributed by atoms with E-state index < -0.39 is 30.6 Å². The van der Waals surface area contributed by atoms with Crippen molar-refractivity contribution in [2.24, 2.45) is 0 Å². The van der Waals surface area contributed by atoms with Gasteiger partial charge in [-0.2, -0.15) is 0 Å². The maximum atomic E-state index is 10.6. The van der Waals surface area contributed by atoms with Crippen LogP contribution in [0, 0.1) is 6.92 Å². The van der Waals surface area contributed by atoms with E-state index in [-0.39, 0.29) is 0 Å². The summed E-state index contributed by atoms with van der Waals surface area (Å²) in [5, 5.41) is 32.3. The molecule has 0 saturated carbocycles. The van der Waals surface area contributed by atoms with Gasteiger partial charge in [0.15, 0.2) is 6.23 Å². The van der Waals surface area contributed by atoms with Crippen LogP contribution in [0.4, 0.5) is 0 Å². The SMILES string of the molecule is Cc1ncnc2c1ccn2[C@@H]1O[C@@H]([C@H](O)c2ccccc2)[C@@H](O)[C@H]1O. The monoisotopic (exact) mass is 341 g/mol. The van der Waals surface area contributed by atoms with Gasteiger partial charge in [-0.05, 0) is 18.6 Å². The zero-order valence-corrected chi connectivity index (χ0v) is 13.6. The standard InChI is InChI=1S/C18H19N3O4/c1-10-12-7-8-21(17(12)20-9-19-10)18-15(24)14(23)16(25-18)13(22)11-5-3-2-4-6-11/h2-9,13-16,18,22-24H,1H3/t13-,14+,15-,16+,18-/m1/s1. The average Bonchev–Trinajstić information content (AvgIpc) is 3.18. The predicted molar refractivity (Wildman–Crippen MR) is 89.6 cm³/mol. The van der Waals surface area contributed by atoms with Crippen molar-refractivity contribution < 1.29 is 20.1 Å². The third-order valence-corrected chi connectivity index (χ3v) is 4.71. The van der Waals surface area contributed by atoms with Crippen molar-refractivity contribution in [3.63, 3.8) is 0 Å². The van der Waals surface area contributed by atoms with Crippen LogP contribution < -0.4 is 0 Å². The van der Waals surface area contributed by atoms with Crippen molar-refractivity contribution in [3.05, 3.63) is 60.2 Å². The number of aromatic nitrogens is 3. The minimum absolute atomic E-state index is 0.610. The molecule has 0 amide bonds. The number of fused-ring (bicyclic) bond motifs is 1. The Morgan fingerprint density at radius 1 is 1.08 bits per heavy atom. The van der Waals surface area contributed by atoms with Crippen LogP contribution in [-0.2, 0) is 4.74 Å². The average molecular weight is 341 g/mol. The summed E-state index contributed by atoms with van der Waals surface area (Å²) in [6.45, 7) is 1.87. The molecule has 1 aliphatic rings. The normalized spacial score (nSPS) is 27.7. The first-order chi connectivity index (χ1) is 12.1. The van der Waals surface area contributed by atoms with E-state index in [1.54, 1.807) is 35.0 Å². The van der Waals surface area contributed by atoms with Gasteiger partial charge >= 0.3 is 0 Å². The molecule has 0 bridgehead atoms. The first-order valence-electron chi connectivity index (χ1n) is 8.10. The van der Waals surface area contributed by atoms with Crippen molar-refractivity contribution in [1.29, 1.82) is 0 Å². The van der Waals surface area contributed by atoms with E-state index in [1.165, 1.54) is 6.33 Å². The Hall–Kier alpha value is -2.32. The number of benzene rings is 1. The van der Waals surface area contributed by atoms with Crippen molar-refractivity contribution in [2.45, 2.75) is 37.6 Å². The van der Waals surface area contributed by atoms with E-state index in [0.29, 0.717) is 11.2 Å². The van der Waals surface area contributed by atoms with Crippen LogP contribution in [0.15, 0.2) is 48.9 Å². The van der Waals surface area contributed by atoms with Crippen LogP contribution in [0.3, 0.4) is 0 Å². The van der Waals surface area contributed by atoms with Crippen LogP contribution in [0.25, 0.3) is 11.0 Å². The molecule has 0 spiro atoms. The maximum absolute atomic E-state index is 10.6. The third kappa shape index (κ3) is 2.61. The highest BCUT2D eigenvalue weighted by Gasteiger charge is 2.47. The smallest absolute Gasteiger partial charge is 0.164 e. The van der Waals surface area contributed by atoms with Gasteiger partial charge < -0.3 is 24.6 Å². The van der Waals surface area contributed by atoms with Crippen molar-refractivity contribution >= 4 is 11.0 Å². The molecule has 7 heteroatoms. The molecule has 4 rings (SSSR count). The second-order valence-corrected chi connectivity index (χ2v) is 6.25. The first kappa shape index (κ1) is 16.2.